The Morgan fingerprint density at radius 3 is 2.50 bits per heavy atom. The van der Waals surface area contributed by atoms with Gasteiger partial charge in [-0.2, -0.15) is 13.2 Å². The second-order valence-electron chi connectivity index (χ2n) is 3.06. The first kappa shape index (κ1) is 14.5. The van der Waals surface area contributed by atoms with Crippen molar-refractivity contribution in [3.63, 3.8) is 0 Å². The topological polar surface area (TPSA) is 75.6 Å². The highest BCUT2D eigenvalue weighted by molar-refractivity contribution is 7.79. The molecule has 100 valence electrons. The maximum atomic E-state index is 12.1. The zero-order valence-corrected chi connectivity index (χ0v) is 9.76. The first-order chi connectivity index (χ1) is 8.25. The fourth-order valence-corrected chi connectivity index (χ4v) is 1.49. The minimum absolute atomic E-state index is 0.0539. The van der Waals surface area contributed by atoms with Gasteiger partial charge < -0.3 is 14.6 Å². The molecule has 0 saturated carbocycles. The number of rotatable bonds is 3. The Kier molecular flexibility index (Phi) is 4.30. The predicted molar refractivity (Wildman–Crippen MR) is 56.7 cm³/mol. The first-order valence-corrected chi connectivity index (χ1v) is 5.53. The summed E-state index contributed by atoms with van der Waals surface area (Å²) in [5.74, 6) is -2.25. The van der Waals surface area contributed by atoms with Crippen LogP contribution in [-0.2, 0) is 15.9 Å². The van der Waals surface area contributed by atoms with Crippen molar-refractivity contribution in [3.05, 3.63) is 18.2 Å². The molecule has 0 saturated heterocycles. The number of methoxy groups -OCH3 is 1. The molecule has 1 atom stereocenters. The van der Waals surface area contributed by atoms with Gasteiger partial charge in [-0.1, -0.05) is 0 Å². The molecule has 0 fully saturated rings. The van der Waals surface area contributed by atoms with Gasteiger partial charge >= 0.3 is 12.1 Å². The highest BCUT2D eigenvalue weighted by atomic mass is 32.2. The van der Waals surface area contributed by atoms with Gasteiger partial charge in [0.2, 0.25) is 0 Å². The Labute approximate surface area is 102 Å². The number of hydrogen-bond acceptors (Lipinski definition) is 3. The molecule has 0 radical (unpaired) electrons. The lowest BCUT2D eigenvalue weighted by Crippen LogP contribution is -2.30. The second-order valence-corrected chi connectivity index (χ2v) is 4.03. The van der Waals surface area contributed by atoms with Crippen molar-refractivity contribution in [3.8, 4) is 5.75 Å². The van der Waals surface area contributed by atoms with E-state index in [1.807, 2.05) is 0 Å². The standard InChI is InChI=1S/C9H8F3NO4S/c1-17-7-3-2-5(18(15)16)4-6(7)13-8(14)9(10,11)12/h2-4H,1H3,(H,13,14)(H,15,16). The summed E-state index contributed by atoms with van der Waals surface area (Å²) >= 11 is -2.37. The lowest BCUT2D eigenvalue weighted by molar-refractivity contribution is -0.167. The molecule has 0 heterocycles. The number of alkyl halides is 3. The minimum atomic E-state index is -5.06. The summed E-state index contributed by atoms with van der Waals surface area (Å²) in [7, 11) is 1.19. The number of nitrogens with one attached hydrogen (secondary N) is 1. The number of halogens is 3. The number of carbonyl (C=O) groups excluding carboxylic acids is 1. The monoisotopic (exact) mass is 283 g/mol. The summed E-state index contributed by atoms with van der Waals surface area (Å²) < 4.78 is 60.5. The van der Waals surface area contributed by atoms with Gasteiger partial charge in [0.1, 0.15) is 5.75 Å². The van der Waals surface area contributed by atoms with Crippen LogP contribution in [0.5, 0.6) is 5.75 Å². The normalized spacial score (nSPS) is 12.9. The van der Waals surface area contributed by atoms with Crippen molar-refractivity contribution in [2.24, 2.45) is 0 Å². The summed E-state index contributed by atoms with van der Waals surface area (Å²) in [5, 5.41) is 1.56. The molecule has 0 aliphatic heterocycles. The van der Waals surface area contributed by atoms with E-state index in [4.69, 9.17) is 9.29 Å². The Morgan fingerprint density at radius 1 is 1.44 bits per heavy atom. The molecule has 0 aliphatic rings. The zero-order chi connectivity index (χ0) is 13.9. The van der Waals surface area contributed by atoms with Gasteiger partial charge in [-0.25, -0.2) is 4.21 Å². The van der Waals surface area contributed by atoms with Crippen LogP contribution in [0.4, 0.5) is 18.9 Å². The molecule has 0 spiro atoms. The number of benzene rings is 1. The van der Waals surface area contributed by atoms with E-state index in [9.17, 15) is 22.2 Å². The van der Waals surface area contributed by atoms with E-state index in [0.29, 0.717) is 0 Å². The van der Waals surface area contributed by atoms with Crippen molar-refractivity contribution >= 4 is 22.7 Å². The smallest absolute Gasteiger partial charge is 0.471 e. The second kappa shape index (κ2) is 5.36. The lowest BCUT2D eigenvalue weighted by Gasteiger charge is -2.12. The highest BCUT2D eigenvalue weighted by Gasteiger charge is 2.39. The van der Waals surface area contributed by atoms with Crippen LogP contribution in [0.15, 0.2) is 23.1 Å². The minimum Gasteiger partial charge on any atom is -0.495 e. The van der Waals surface area contributed by atoms with E-state index in [0.717, 1.165) is 6.07 Å². The molecule has 2 N–H and O–H groups in total. The molecule has 5 nitrogen and oxygen atoms in total. The fourth-order valence-electron chi connectivity index (χ4n) is 1.09. The first-order valence-electron chi connectivity index (χ1n) is 4.42. The van der Waals surface area contributed by atoms with Gasteiger partial charge in [-0.05, 0) is 18.2 Å². The third kappa shape index (κ3) is 3.44. The van der Waals surface area contributed by atoms with Crippen molar-refractivity contribution in [1.82, 2.24) is 0 Å². The van der Waals surface area contributed by atoms with Crippen molar-refractivity contribution in [1.29, 1.82) is 0 Å². The molecule has 9 heteroatoms. The Hall–Kier alpha value is -1.61. The van der Waals surface area contributed by atoms with Crippen LogP contribution in [0.3, 0.4) is 0 Å². The van der Waals surface area contributed by atoms with Gasteiger partial charge in [0.15, 0.2) is 11.1 Å². The van der Waals surface area contributed by atoms with Crippen LogP contribution in [-0.4, -0.2) is 28.0 Å². The molecule has 18 heavy (non-hydrogen) atoms. The molecule has 1 aromatic carbocycles. The van der Waals surface area contributed by atoms with Crippen LogP contribution in [0.2, 0.25) is 0 Å². The van der Waals surface area contributed by atoms with Crippen LogP contribution < -0.4 is 10.1 Å². The summed E-state index contributed by atoms with van der Waals surface area (Å²) in [5.41, 5.74) is -0.334. The third-order valence-corrected chi connectivity index (χ3v) is 2.54. The summed E-state index contributed by atoms with van der Waals surface area (Å²) in [6.07, 6.45) is -5.06. The molecule has 0 aromatic heterocycles. The fraction of sp³-hybridized carbons (Fsp3) is 0.222. The van der Waals surface area contributed by atoms with Gasteiger partial charge in [-0.15, -0.1) is 0 Å². The maximum absolute atomic E-state index is 12.1. The lowest BCUT2D eigenvalue weighted by atomic mass is 10.3. The summed E-state index contributed by atoms with van der Waals surface area (Å²) in [6.45, 7) is 0. The number of anilines is 1. The van der Waals surface area contributed by atoms with E-state index in [-0.39, 0.29) is 16.3 Å². The molecule has 1 amide bonds. The van der Waals surface area contributed by atoms with Crippen molar-refractivity contribution < 1.29 is 31.5 Å². The Bertz CT molecular complexity index is 489. The highest BCUT2D eigenvalue weighted by Crippen LogP contribution is 2.28. The van der Waals surface area contributed by atoms with Crippen molar-refractivity contribution in [2.75, 3.05) is 12.4 Å². The van der Waals surface area contributed by atoms with E-state index in [1.54, 1.807) is 5.32 Å². The van der Waals surface area contributed by atoms with E-state index >= 15 is 0 Å². The molecule has 0 aliphatic carbocycles. The van der Waals surface area contributed by atoms with Crippen molar-refractivity contribution in [2.45, 2.75) is 11.1 Å². The molecular formula is C9H8F3NO4S. The van der Waals surface area contributed by atoms with Gasteiger partial charge in [0.25, 0.3) is 0 Å². The number of carbonyl (C=O) groups is 1. The summed E-state index contributed by atoms with van der Waals surface area (Å²) in [6, 6.07) is 3.30. The SMILES string of the molecule is COc1ccc(S(=O)O)cc1NC(=O)C(F)(F)F. The predicted octanol–water partition coefficient (Wildman–Crippen LogP) is 1.78. The quantitative estimate of drug-likeness (QED) is 0.829. The third-order valence-electron chi connectivity index (χ3n) is 1.88. The van der Waals surface area contributed by atoms with Crippen LogP contribution in [0, 0.1) is 0 Å². The average molecular weight is 283 g/mol. The molecular weight excluding hydrogens is 275 g/mol. The number of amides is 1. The van der Waals surface area contributed by atoms with Crippen LogP contribution >= 0.6 is 0 Å². The largest absolute Gasteiger partial charge is 0.495 e. The van der Waals surface area contributed by atoms with Gasteiger partial charge in [-0.3, -0.25) is 4.79 Å². The molecule has 1 unspecified atom stereocenters. The Morgan fingerprint density at radius 2 is 2.06 bits per heavy atom. The van der Waals surface area contributed by atoms with Crippen LogP contribution in [0.1, 0.15) is 0 Å². The molecule has 0 bridgehead atoms. The number of ether oxygens (including phenoxy) is 1. The van der Waals surface area contributed by atoms with Crippen LogP contribution in [0.25, 0.3) is 0 Å². The molecule has 1 aromatic rings. The Balaban J connectivity index is 3.09. The van der Waals surface area contributed by atoms with E-state index < -0.39 is 23.2 Å². The van der Waals surface area contributed by atoms with Gasteiger partial charge in [0, 0.05) is 0 Å². The van der Waals surface area contributed by atoms with Gasteiger partial charge in [0.05, 0.1) is 17.7 Å². The van der Waals surface area contributed by atoms with E-state index in [2.05, 4.69) is 0 Å². The zero-order valence-electron chi connectivity index (χ0n) is 8.95. The molecule has 1 rings (SSSR count). The number of hydrogen-bond donors (Lipinski definition) is 2. The maximum Gasteiger partial charge on any atom is 0.471 e. The average Bonchev–Trinajstić information content (AvgIpc) is 2.27. The van der Waals surface area contributed by atoms with E-state index in [1.165, 1.54) is 19.2 Å². The summed E-state index contributed by atoms with van der Waals surface area (Å²) in [4.78, 5) is 10.6.